The Bertz CT molecular complexity index is 318. The van der Waals surface area contributed by atoms with E-state index in [1.54, 1.807) is 7.11 Å². The quantitative estimate of drug-likeness (QED) is 0.727. The summed E-state index contributed by atoms with van der Waals surface area (Å²) in [7, 11) is 3.56. The van der Waals surface area contributed by atoms with Gasteiger partial charge in [-0.15, -0.1) is 0 Å². The number of benzene rings is 1. The molecule has 0 aliphatic heterocycles. The lowest BCUT2D eigenvalue weighted by Crippen LogP contribution is -2.04. The Morgan fingerprint density at radius 1 is 1.21 bits per heavy atom. The number of hydrogen-bond donors (Lipinski definition) is 1. The third-order valence-electron chi connectivity index (χ3n) is 1.84. The molecule has 0 radical (unpaired) electrons. The Hall–Kier alpha value is -1.46. The second kappa shape index (κ2) is 6.06. The fraction of sp³-hybridized carbons (Fsp3) is 0.333. The molecule has 0 atom stereocenters. The summed E-state index contributed by atoms with van der Waals surface area (Å²) in [6, 6.07) is 7.98. The standard InChI is InChI=1S/C12H15NO/c1-13-10-4-3-5-11-6-8-12(14-2)9-7-11/h6-9,13H,5,10H2,1-2H3. The highest BCUT2D eigenvalue weighted by atomic mass is 16.5. The summed E-state index contributed by atoms with van der Waals surface area (Å²) in [5.41, 5.74) is 1.22. The molecule has 0 unspecified atom stereocenters. The molecule has 2 heteroatoms. The average molecular weight is 189 g/mol. The van der Waals surface area contributed by atoms with Gasteiger partial charge < -0.3 is 10.1 Å². The van der Waals surface area contributed by atoms with Crippen LogP contribution < -0.4 is 10.1 Å². The molecule has 14 heavy (non-hydrogen) atoms. The minimum Gasteiger partial charge on any atom is -0.497 e. The first-order valence-corrected chi connectivity index (χ1v) is 4.60. The molecule has 0 amide bonds. The molecule has 0 saturated heterocycles. The van der Waals surface area contributed by atoms with Gasteiger partial charge in [0.25, 0.3) is 0 Å². The molecule has 74 valence electrons. The van der Waals surface area contributed by atoms with Gasteiger partial charge in [-0.2, -0.15) is 0 Å². The maximum Gasteiger partial charge on any atom is 0.118 e. The first-order chi connectivity index (χ1) is 6.86. The van der Waals surface area contributed by atoms with Crippen molar-refractivity contribution in [2.75, 3.05) is 20.7 Å². The van der Waals surface area contributed by atoms with E-state index in [9.17, 15) is 0 Å². The van der Waals surface area contributed by atoms with Crippen LogP contribution in [0.4, 0.5) is 0 Å². The number of rotatable bonds is 3. The van der Waals surface area contributed by atoms with Gasteiger partial charge in [0, 0.05) is 6.42 Å². The van der Waals surface area contributed by atoms with Gasteiger partial charge in [-0.1, -0.05) is 24.0 Å². The van der Waals surface area contributed by atoms with Gasteiger partial charge in [-0.25, -0.2) is 0 Å². The van der Waals surface area contributed by atoms with Crippen LogP contribution in [-0.2, 0) is 6.42 Å². The minimum absolute atomic E-state index is 0.746. The Morgan fingerprint density at radius 3 is 2.50 bits per heavy atom. The molecule has 0 aliphatic carbocycles. The molecule has 0 saturated carbocycles. The molecule has 0 spiro atoms. The zero-order valence-corrected chi connectivity index (χ0v) is 8.63. The summed E-state index contributed by atoms with van der Waals surface area (Å²) >= 11 is 0. The second-order valence-electron chi connectivity index (χ2n) is 2.91. The van der Waals surface area contributed by atoms with Crippen molar-refractivity contribution in [3.05, 3.63) is 29.8 Å². The number of hydrogen-bond acceptors (Lipinski definition) is 2. The second-order valence-corrected chi connectivity index (χ2v) is 2.91. The molecule has 1 N–H and O–H groups in total. The molecule has 0 heterocycles. The van der Waals surface area contributed by atoms with E-state index in [1.165, 1.54) is 5.56 Å². The fourth-order valence-corrected chi connectivity index (χ4v) is 1.06. The highest BCUT2D eigenvalue weighted by Gasteiger charge is 1.90. The summed E-state index contributed by atoms with van der Waals surface area (Å²) < 4.78 is 5.07. The lowest BCUT2D eigenvalue weighted by atomic mass is 10.1. The SMILES string of the molecule is CNCC#CCc1ccc(OC)cc1. The van der Waals surface area contributed by atoms with E-state index in [4.69, 9.17) is 4.74 Å². The topological polar surface area (TPSA) is 21.3 Å². The Labute approximate surface area is 85.3 Å². The maximum absolute atomic E-state index is 5.07. The molecular formula is C12H15NO. The van der Waals surface area contributed by atoms with E-state index < -0.39 is 0 Å². The van der Waals surface area contributed by atoms with Crippen molar-refractivity contribution in [1.29, 1.82) is 0 Å². The van der Waals surface area contributed by atoms with E-state index in [2.05, 4.69) is 17.2 Å². The summed E-state index contributed by atoms with van der Waals surface area (Å²) in [5, 5.41) is 2.98. The molecule has 2 nitrogen and oxygen atoms in total. The highest BCUT2D eigenvalue weighted by molar-refractivity contribution is 5.29. The van der Waals surface area contributed by atoms with Crippen molar-refractivity contribution >= 4 is 0 Å². The molecule has 0 fully saturated rings. The summed E-state index contributed by atoms with van der Waals surface area (Å²) in [5.74, 6) is 6.99. The van der Waals surface area contributed by atoms with Crippen molar-refractivity contribution in [3.8, 4) is 17.6 Å². The molecule has 0 bridgehead atoms. The van der Waals surface area contributed by atoms with Gasteiger partial charge in [0.1, 0.15) is 5.75 Å². The van der Waals surface area contributed by atoms with Crippen LogP contribution in [0.15, 0.2) is 24.3 Å². The average Bonchev–Trinajstić information content (AvgIpc) is 2.25. The van der Waals surface area contributed by atoms with Gasteiger partial charge in [-0.3, -0.25) is 0 Å². The van der Waals surface area contributed by atoms with Crippen LogP contribution in [0.2, 0.25) is 0 Å². The van der Waals surface area contributed by atoms with Crippen LogP contribution in [-0.4, -0.2) is 20.7 Å². The Kier molecular flexibility index (Phi) is 4.60. The normalized spacial score (nSPS) is 9.00. The number of methoxy groups -OCH3 is 1. The minimum atomic E-state index is 0.746. The van der Waals surface area contributed by atoms with E-state index in [0.717, 1.165) is 18.7 Å². The summed E-state index contributed by atoms with van der Waals surface area (Å²) in [4.78, 5) is 0. The summed E-state index contributed by atoms with van der Waals surface area (Å²) in [6.07, 6.45) is 0.797. The predicted octanol–water partition coefficient (Wildman–Crippen LogP) is 1.46. The van der Waals surface area contributed by atoms with Crippen molar-refractivity contribution in [2.24, 2.45) is 0 Å². The van der Waals surface area contributed by atoms with Crippen molar-refractivity contribution in [2.45, 2.75) is 6.42 Å². The number of ether oxygens (including phenoxy) is 1. The van der Waals surface area contributed by atoms with Crippen LogP contribution in [0, 0.1) is 11.8 Å². The van der Waals surface area contributed by atoms with Gasteiger partial charge in [0.2, 0.25) is 0 Å². The lowest BCUT2D eigenvalue weighted by molar-refractivity contribution is 0.414. The zero-order chi connectivity index (χ0) is 10.2. The van der Waals surface area contributed by atoms with Crippen LogP contribution in [0.3, 0.4) is 0 Å². The van der Waals surface area contributed by atoms with Gasteiger partial charge in [0.15, 0.2) is 0 Å². The van der Waals surface area contributed by atoms with E-state index in [0.29, 0.717) is 0 Å². The monoisotopic (exact) mass is 189 g/mol. The zero-order valence-electron chi connectivity index (χ0n) is 8.63. The Morgan fingerprint density at radius 2 is 1.93 bits per heavy atom. The fourth-order valence-electron chi connectivity index (χ4n) is 1.06. The molecule has 0 aromatic heterocycles. The van der Waals surface area contributed by atoms with E-state index in [-0.39, 0.29) is 0 Å². The van der Waals surface area contributed by atoms with Crippen LogP contribution in [0.1, 0.15) is 5.56 Å². The highest BCUT2D eigenvalue weighted by Crippen LogP contribution is 2.11. The van der Waals surface area contributed by atoms with Crippen LogP contribution in [0.25, 0.3) is 0 Å². The van der Waals surface area contributed by atoms with Crippen LogP contribution in [0.5, 0.6) is 5.75 Å². The van der Waals surface area contributed by atoms with Gasteiger partial charge >= 0.3 is 0 Å². The number of nitrogens with one attached hydrogen (secondary N) is 1. The van der Waals surface area contributed by atoms with Crippen molar-refractivity contribution in [1.82, 2.24) is 5.32 Å². The van der Waals surface area contributed by atoms with E-state index in [1.807, 2.05) is 31.3 Å². The third kappa shape index (κ3) is 3.51. The molecule has 1 aromatic rings. The van der Waals surface area contributed by atoms with E-state index >= 15 is 0 Å². The van der Waals surface area contributed by atoms with Crippen LogP contribution >= 0.6 is 0 Å². The third-order valence-corrected chi connectivity index (χ3v) is 1.84. The molecular weight excluding hydrogens is 174 g/mol. The molecule has 1 rings (SSSR count). The summed E-state index contributed by atoms with van der Waals surface area (Å²) in [6.45, 7) is 0.746. The Balaban J connectivity index is 2.49. The smallest absolute Gasteiger partial charge is 0.118 e. The first kappa shape index (κ1) is 10.6. The predicted molar refractivity (Wildman–Crippen MR) is 58.4 cm³/mol. The molecule has 0 aliphatic rings. The lowest BCUT2D eigenvalue weighted by Gasteiger charge is -1.99. The van der Waals surface area contributed by atoms with Crippen molar-refractivity contribution < 1.29 is 4.74 Å². The van der Waals surface area contributed by atoms with Gasteiger partial charge in [0.05, 0.1) is 13.7 Å². The largest absolute Gasteiger partial charge is 0.497 e. The molecule has 1 aromatic carbocycles. The van der Waals surface area contributed by atoms with Crippen molar-refractivity contribution in [3.63, 3.8) is 0 Å². The first-order valence-electron chi connectivity index (χ1n) is 4.60. The van der Waals surface area contributed by atoms with Gasteiger partial charge in [-0.05, 0) is 24.7 Å². The maximum atomic E-state index is 5.07.